The molecule has 0 saturated carbocycles. The molecular weight excluding hydrogens is 406 g/mol. The van der Waals surface area contributed by atoms with Gasteiger partial charge in [0.1, 0.15) is 11.4 Å². The van der Waals surface area contributed by atoms with Gasteiger partial charge in [0.05, 0.1) is 11.7 Å². The lowest BCUT2D eigenvalue weighted by atomic mass is 10.0. The highest BCUT2D eigenvalue weighted by molar-refractivity contribution is 7.17. The van der Waals surface area contributed by atoms with Gasteiger partial charge in [-0.2, -0.15) is 0 Å². The zero-order chi connectivity index (χ0) is 21.5. The van der Waals surface area contributed by atoms with Gasteiger partial charge in [0.2, 0.25) is 5.91 Å². The zero-order valence-corrected chi connectivity index (χ0v) is 18.4. The Morgan fingerprint density at radius 3 is 2.81 bits per heavy atom. The Morgan fingerprint density at radius 2 is 1.97 bits per heavy atom. The molecule has 0 fully saturated rings. The topological polar surface area (TPSA) is 55.2 Å². The molecule has 3 heterocycles. The number of anilines is 1. The molecule has 0 unspecified atom stereocenters. The largest absolute Gasteiger partial charge is 0.311 e. The molecule has 0 saturated heterocycles. The van der Waals surface area contributed by atoms with Gasteiger partial charge in [0, 0.05) is 23.2 Å². The monoisotopic (exact) mass is 429 g/mol. The molecule has 31 heavy (non-hydrogen) atoms. The summed E-state index contributed by atoms with van der Waals surface area (Å²) >= 11 is 1.46. The second-order valence-corrected chi connectivity index (χ2v) is 8.94. The van der Waals surface area contributed by atoms with E-state index in [4.69, 9.17) is 0 Å². The van der Waals surface area contributed by atoms with Crippen LogP contribution in [0.25, 0.3) is 21.3 Å². The third kappa shape index (κ3) is 3.47. The Balaban J connectivity index is 1.52. The molecule has 1 amide bonds. The van der Waals surface area contributed by atoms with Crippen molar-refractivity contribution in [2.75, 3.05) is 11.4 Å². The molecule has 5 rings (SSSR count). The Bertz CT molecular complexity index is 1370. The highest BCUT2D eigenvalue weighted by Gasteiger charge is 2.23. The molecule has 2 aromatic heterocycles. The number of carbonyl (C=O) groups is 1. The normalized spacial score (nSPS) is 13.4. The van der Waals surface area contributed by atoms with Crippen molar-refractivity contribution in [3.8, 4) is 11.1 Å². The summed E-state index contributed by atoms with van der Waals surface area (Å²) in [5, 5.41) is 2.57. The van der Waals surface area contributed by atoms with Crippen molar-refractivity contribution in [3.05, 3.63) is 81.2 Å². The van der Waals surface area contributed by atoms with Crippen molar-refractivity contribution in [2.45, 2.75) is 33.2 Å². The molecule has 2 aromatic carbocycles. The number of benzene rings is 2. The number of aryl methyl sites for hydroxylation is 3. The van der Waals surface area contributed by atoms with Crippen molar-refractivity contribution >= 4 is 33.1 Å². The standard InChI is InChI=1S/C25H23N3O2S/c1-16-9-10-19(12-17(16)2)20-14-31-24-23(20)25(30)27(15-26-24)13-22(29)28-11-5-7-18-6-3-4-8-21(18)28/h3-4,6,8-10,12,14-15H,5,7,11,13H2,1-2H3. The number of hydrogen-bond donors (Lipinski definition) is 0. The summed E-state index contributed by atoms with van der Waals surface area (Å²) in [6, 6.07) is 14.2. The molecule has 4 aromatic rings. The van der Waals surface area contributed by atoms with Gasteiger partial charge in [0.15, 0.2) is 0 Å². The summed E-state index contributed by atoms with van der Waals surface area (Å²) in [5.41, 5.74) is 6.24. The highest BCUT2D eigenvalue weighted by atomic mass is 32.1. The third-order valence-corrected chi connectivity index (χ3v) is 6.98. The number of hydrogen-bond acceptors (Lipinski definition) is 4. The van der Waals surface area contributed by atoms with Gasteiger partial charge >= 0.3 is 0 Å². The summed E-state index contributed by atoms with van der Waals surface area (Å²) in [5.74, 6) is -0.0849. The van der Waals surface area contributed by atoms with Crippen molar-refractivity contribution in [1.29, 1.82) is 0 Å². The molecule has 156 valence electrons. The van der Waals surface area contributed by atoms with Gasteiger partial charge in [-0.25, -0.2) is 4.98 Å². The first-order valence-electron chi connectivity index (χ1n) is 10.5. The molecule has 1 aliphatic rings. The van der Waals surface area contributed by atoms with Crippen LogP contribution in [0.5, 0.6) is 0 Å². The first-order chi connectivity index (χ1) is 15.0. The first-order valence-corrected chi connectivity index (χ1v) is 11.3. The lowest BCUT2D eigenvalue weighted by Crippen LogP contribution is -2.39. The van der Waals surface area contributed by atoms with Gasteiger partial charge in [-0.1, -0.05) is 36.4 Å². The Kier molecular flexibility index (Phi) is 4.94. The Hall–Kier alpha value is -3.25. The SMILES string of the molecule is Cc1ccc(-c2csc3ncn(CC(=O)N4CCCc5ccccc54)c(=O)c23)cc1C. The zero-order valence-electron chi connectivity index (χ0n) is 17.6. The van der Waals surface area contributed by atoms with Crippen LogP contribution in [-0.4, -0.2) is 22.0 Å². The predicted molar refractivity (Wildman–Crippen MR) is 126 cm³/mol. The first kappa shape index (κ1) is 19.7. The van der Waals surface area contributed by atoms with Crippen molar-refractivity contribution < 1.29 is 4.79 Å². The number of nitrogens with zero attached hydrogens (tertiary/aromatic N) is 3. The molecule has 0 radical (unpaired) electrons. The quantitative estimate of drug-likeness (QED) is 0.473. The van der Waals surface area contributed by atoms with E-state index in [1.807, 2.05) is 29.6 Å². The fourth-order valence-corrected chi connectivity index (χ4v) is 5.13. The number of amides is 1. The van der Waals surface area contributed by atoms with Gasteiger partial charge < -0.3 is 4.90 Å². The molecule has 6 heteroatoms. The minimum Gasteiger partial charge on any atom is -0.311 e. The van der Waals surface area contributed by atoms with Crippen LogP contribution in [0.15, 0.2) is 59.0 Å². The van der Waals surface area contributed by atoms with Crippen LogP contribution < -0.4 is 10.5 Å². The van der Waals surface area contributed by atoms with Crippen LogP contribution in [-0.2, 0) is 17.8 Å². The maximum absolute atomic E-state index is 13.4. The second kappa shape index (κ2) is 7.78. The fourth-order valence-electron chi connectivity index (χ4n) is 4.23. The number of fused-ring (bicyclic) bond motifs is 2. The summed E-state index contributed by atoms with van der Waals surface area (Å²) in [7, 11) is 0. The highest BCUT2D eigenvalue weighted by Crippen LogP contribution is 2.32. The van der Waals surface area contributed by atoms with E-state index >= 15 is 0 Å². The molecule has 0 bridgehead atoms. The van der Waals surface area contributed by atoms with E-state index in [1.165, 1.54) is 38.9 Å². The molecular formula is C25H23N3O2S. The average Bonchev–Trinajstić information content (AvgIpc) is 3.22. The molecule has 1 aliphatic heterocycles. The smallest absolute Gasteiger partial charge is 0.263 e. The summed E-state index contributed by atoms with van der Waals surface area (Å²) < 4.78 is 1.44. The van der Waals surface area contributed by atoms with Gasteiger partial charge in [0.25, 0.3) is 5.56 Å². The lowest BCUT2D eigenvalue weighted by Gasteiger charge is -2.29. The molecule has 0 atom stereocenters. The van der Waals surface area contributed by atoms with Crippen LogP contribution in [0.3, 0.4) is 0 Å². The number of thiophene rings is 1. The molecule has 0 N–H and O–H groups in total. The number of para-hydroxylation sites is 1. The van der Waals surface area contributed by atoms with Crippen molar-refractivity contribution in [1.82, 2.24) is 9.55 Å². The molecule has 0 spiro atoms. The van der Waals surface area contributed by atoms with Crippen LogP contribution >= 0.6 is 11.3 Å². The number of carbonyl (C=O) groups excluding carboxylic acids is 1. The minimum absolute atomic E-state index is 0.0156. The molecule has 5 nitrogen and oxygen atoms in total. The number of aromatic nitrogens is 2. The van der Waals surface area contributed by atoms with Crippen LogP contribution in [0, 0.1) is 13.8 Å². The maximum atomic E-state index is 13.4. The van der Waals surface area contributed by atoms with E-state index in [2.05, 4.69) is 37.0 Å². The minimum atomic E-state index is -0.168. The Morgan fingerprint density at radius 1 is 1.13 bits per heavy atom. The van der Waals surface area contributed by atoms with Crippen LogP contribution in [0.4, 0.5) is 5.69 Å². The van der Waals surface area contributed by atoms with Crippen molar-refractivity contribution in [3.63, 3.8) is 0 Å². The fraction of sp³-hybridized carbons (Fsp3) is 0.240. The maximum Gasteiger partial charge on any atom is 0.263 e. The Labute approximate surface area is 184 Å². The van der Waals surface area contributed by atoms with E-state index in [0.717, 1.165) is 29.7 Å². The van der Waals surface area contributed by atoms with Crippen LogP contribution in [0.2, 0.25) is 0 Å². The molecule has 0 aliphatic carbocycles. The summed E-state index contributed by atoms with van der Waals surface area (Å²) in [4.78, 5) is 33.5. The third-order valence-electron chi connectivity index (χ3n) is 6.10. The van der Waals surface area contributed by atoms with E-state index in [-0.39, 0.29) is 18.0 Å². The lowest BCUT2D eigenvalue weighted by molar-refractivity contribution is -0.119. The summed E-state index contributed by atoms with van der Waals surface area (Å²) in [6.45, 7) is 4.80. The second-order valence-electron chi connectivity index (χ2n) is 8.08. The summed E-state index contributed by atoms with van der Waals surface area (Å²) in [6.07, 6.45) is 3.40. The van der Waals surface area contributed by atoms with E-state index < -0.39 is 0 Å². The van der Waals surface area contributed by atoms with E-state index in [9.17, 15) is 9.59 Å². The van der Waals surface area contributed by atoms with E-state index in [1.54, 1.807) is 4.90 Å². The van der Waals surface area contributed by atoms with Gasteiger partial charge in [-0.05, 0) is 55.0 Å². The van der Waals surface area contributed by atoms with Crippen LogP contribution in [0.1, 0.15) is 23.1 Å². The average molecular weight is 430 g/mol. The van der Waals surface area contributed by atoms with Crippen molar-refractivity contribution in [2.24, 2.45) is 0 Å². The van der Waals surface area contributed by atoms with Gasteiger partial charge in [-0.3, -0.25) is 14.2 Å². The predicted octanol–water partition coefficient (Wildman–Crippen LogP) is 4.72. The van der Waals surface area contributed by atoms with E-state index in [0.29, 0.717) is 16.8 Å². The van der Waals surface area contributed by atoms with Gasteiger partial charge in [-0.15, -0.1) is 11.3 Å². The number of rotatable bonds is 3.